The molecule has 0 radical (unpaired) electrons. The van der Waals surface area contributed by atoms with Gasteiger partial charge in [0.25, 0.3) is 5.91 Å². The van der Waals surface area contributed by atoms with Gasteiger partial charge in [-0.3, -0.25) is 4.79 Å². The number of aliphatic hydroxyl groups excluding tert-OH is 1. The van der Waals surface area contributed by atoms with E-state index in [4.69, 9.17) is 14.2 Å². The Labute approximate surface area is 142 Å². The van der Waals surface area contributed by atoms with E-state index < -0.39 is 22.4 Å². The summed E-state index contributed by atoms with van der Waals surface area (Å²) in [5.74, 6) is -0.520. The smallest absolute Gasteiger partial charge is 0.258 e. The maximum Gasteiger partial charge on any atom is 0.258 e. The molecule has 5 rings (SSSR count). The molecule has 4 aliphatic heterocycles. The Morgan fingerprint density at radius 2 is 1.88 bits per heavy atom. The van der Waals surface area contributed by atoms with Gasteiger partial charge in [0.05, 0.1) is 24.7 Å². The number of rotatable bonds is 0. The van der Waals surface area contributed by atoms with E-state index in [1.165, 1.54) is 0 Å². The summed E-state index contributed by atoms with van der Waals surface area (Å²) in [4.78, 5) is 15.4. The van der Waals surface area contributed by atoms with Crippen LogP contribution in [0.15, 0.2) is 0 Å². The number of carbonyl (C=O) groups is 1. The molecule has 134 valence electrons. The van der Waals surface area contributed by atoms with Gasteiger partial charge in [0.15, 0.2) is 11.4 Å². The molecule has 5 aliphatic rings. The lowest BCUT2D eigenvalue weighted by atomic mass is 9.56. The van der Waals surface area contributed by atoms with Crippen LogP contribution in [0.4, 0.5) is 0 Å². The average Bonchev–Trinajstić information content (AvgIpc) is 2.97. The Morgan fingerprint density at radius 3 is 2.58 bits per heavy atom. The highest BCUT2D eigenvalue weighted by atomic mass is 16.7. The van der Waals surface area contributed by atoms with Crippen molar-refractivity contribution in [2.45, 2.75) is 88.1 Å². The molecule has 24 heavy (non-hydrogen) atoms. The zero-order valence-corrected chi connectivity index (χ0v) is 14.7. The van der Waals surface area contributed by atoms with Crippen LogP contribution in [-0.2, 0) is 19.0 Å². The average molecular weight is 337 g/mol. The Kier molecular flexibility index (Phi) is 2.81. The van der Waals surface area contributed by atoms with Crippen LogP contribution >= 0.6 is 0 Å². The fourth-order valence-corrected chi connectivity index (χ4v) is 6.34. The van der Waals surface area contributed by atoms with Crippen LogP contribution < -0.4 is 0 Å². The zero-order chi connectivity index (χ0) is 17.0. The van der Waals surface area contributed by atoms with E-state index in [1.807, 2.05) is 11.8 Å². The predicted octanol–water partition coefficient (Wildman–Crippen LogP) is 1.20. The lowest BCUT2D eigenvalue weighted by molar-refractivity contribution is -0.262. The highest BCUT2D eigenvalue weighted by Gasteiger charge is 2.88. The summed E-state index contributed by atoms with van der Waals surface area (Å²) in [6.07, 6.45) is 3.09. The van der Waals surface area contributed by atoms with Crippen molar-refractivity contribution in [2.75, 3.05) is 13.2 Å². The van der Waals surface area contributed by atoms with Gasteiger partial charge in [0.2, 0.25) is 0 Å². The van der Waals surface area contributed by atoms with E-state index in [2.05, 4.69) is 13.8 Å². The quantitative estimate of drug-likeness (QED) is 0.673. The summed E-state index contributed by atoms with van der Waals surface area (Å²) in [6, 6.07) is 0.114. The van der Waals surface area contributed by atoms with Crippen molar-refractivity contribution >= 4 is 5.91 Å². The molecule has 0 bridgehead atoms. The molecule has 1 saturated carbocycles. The van der Waals surface area contributed by atoms with E-state index in [9.17, 15) is 9.90 Å². The summed E-state index contributed by atoms with van der Waals surface area (Å²) >= 11 is 0. The summed E-state index contributed by atoms with van der Waals surface area (Å²) < 4.78 is 18.5. The van der Waals surface area contributed by atoms with Crippen LogP contribution in [0.2, 0.25) is 0 Å². The minimum Gasteiger partial charge on any atom is -0.393 e. The highest BCUT2D eigenvalue weighted by Crippen LogP contribution is 2.73. The summed E-state index contributed by atoms with van der Waals surface area (Å²) in [5, 5.41) is 10.2. The van der Waals surface area contributed by atoms with Gasteiger partial charge in [-0.25, -0.2) is 0 Å². The molecule has 4 heterocycles. The number of amides is 1. The minimum absolute atomic E-state index is 0.0442. The van der Waals surface area contributed by atoms with Gasteiger partial charge >= 0.3 is 0 Å². The summed E-state index contributed by atoms with van der Waals surface area (Å²) in [6.45, 7) is 7.51. The first kappa shape index (κ1) is 15.6. The van der Waals surface area contributed by atoms with Gasteiger partial charge < -0.3 is 24.2 Å². The van der Waals surface area contributed by atoms with Crippen LogP contribution in [0.3, 0.4) is 0 Å². The molecule has 1 amide bonds. The Morgan fingerprint density at radius 1 is 1.17 bits per heavy atom. The van der Waals surface area contributed by atoms with Crippen molar-refractivity contribution in [3.05, 3.63) is 0 Å². The first-order valence-electron chi connectivity index (χ1n) is 9.28. The fourth-order valence-electron chi connectivity index (χ4n) is 6.34. The lowest BCUT2D eigenvalue weighted by Gasteiger charge is -2.56. The molecule has 0 aromatic rings. The first-order chi connectivity index (χ1) is 11.3. The first-order valence-corrected chi connectivity index (χ1v) is 9.28. The SMILES string of the molecule is C[C@H]1C[C@@H](O)C[C@@H]2C[C@@]34O[C@@]3(CCC3(OCCO3)C4(C)C)C(=O)N21. The van der Waals surface area contributed by atoms with Crippen molar-refractivity contribution in [2.24, 2.45) is 5.41 Å². The van der Waals surface area contributed by atoms with Crippen LogP contribution in [-0.4, -0.2) is 64.3 Å². The van der Waals surface area contributed by atoms with E-state index in [0.29, 0.717) is 38.9 Å². The van der Waals surface area contributed by atoms with Crippen molar-refractivity contribution in [3.8, 4) is 0 Å². The van der Waals surface area contributed by atoms with E-state index in [-0.39, 0.29) is 24.1 Å². The predicted molar refractivity (Wildman–Crippen MR) is 84.2 cm³/mol. The van der Waals surface area contributed by atoms with Gasteiger partial charge in [0, 0.05) is 24.9 Å². The second-order valence-corrected chi connectivity index (χ2v) is 8.88. The molecule has 6 nitrogen and oxygen atoms in total. The number of aliphatic hydroxyl groups is 1. The minimum atomic E-state index is -0.704. The lowest BCUT2D eigenvalue weighted by Crippen LogP contribution is -2.70. The third kappa shape index (κ3) is 1.47. The summed E-state index contributed by atoms with van der Waals surface area (Å²) in [7, 11) is 0. The van der Waals surface area contributed by atoms with E-state index >= 15 is 0 Å². The van der Waals surface area contributed by atoms with Gasteiger partial charge in [-0.1, -0.05) is 13.8 Å². The number of carbonyl (C=O) groups excluding carboxylic acids is 1. The maximum atomic E-state index is 13.4. The number of ether oxygens (including phenoxy) is 3. The maximum absolute atomic E-state index is 13.4. The second-order valence-electron chi connectivity index (χ2n) is 8.88. The largest absolute Gasteiger partial charge is 0.393 e. The highest BCUT2D eigenvalue weighted by molar-refractivity contribution is 5.92. The van der Waals surface area contributed by atoms with Gasteiger partial charge in [-0.2, -0.15) is 0 Å². The molecular formula is C18H27NO5. The third-order valence-electron chi connectivity index (χ3n) is 7.61. The van der Waals surface area contributed by atoms with Crippen LogP contribution in [0, 0.1) is 5.41 Å². The van der Waals surface area contributed by atoms with Crippen LogP contribution in [0.1, 0.15) is 52.9 Å². The molecule has 0 aromatic carbocycles. The van der Waals surface area contributed by atoms with Crippen molar-refractivity contribution in [1.82, 2.24) is 4.90 Å². The molecule has 1 spiro atoms. The number of hydrogen-bond donors (Lipinski definition) is 1. The van der Waals surface area contributed by atoms with Gasteiger partial charge in [-0.05, 0) is 26.2 Å². The van der Waals surface area contributed by atoms with Crippen molar-refractivity contribution < 1.29 is 24.1 Å². The Hall–Kier alpha value is -0.690. The monoisotopic (exact) mass is 337 g/mol. The number of piperidine rings is 2. The number of hydrogen-bond acceptors (Lipinski definition) is 5. The fraction of sp³-hybridized carbons (Fsp3) is 0.944. The molecule has 5 fully saturated rings. The Bertz CT molecular complexity index is 600. The van der Waals surface area contributed by atoms with Gasteiger partial charge in [0.1, 0.15) is 5.60 Å². The molecule has 1 aliphatic carbocycles. The zero-order valence-electron chi connectivity index (χ0n) is 14.7. The van der Waals surface area contributed by atoms with E-state index in [0.717, 1.165) is 6.42 Å². The molecule has 5 atom stereocenters. The molecule has 4 saturated heterocycles. The number of epoxide rings is 1. The second kappa shape index (κ2) is 4.34. The molecule has 6 heteroatoms. The van der Waals surface area contributed by atoms with Crippen molar-refractivity contribution in [1.29, 1.82) is 0 Å². The van der Waals surface area contributed by atoms with Crippen LogP contribution in [0.25, 0.3) is 0 Å². The van der Waals surface area contributed by atoms with Crippen LogP contribution in [0.5, 0.6) is 0 Å². The Balaban J connectivity index is 1.57. The number of fused-ring (bicyclic) bond motifs is 1. The molecule has 0 unspecified atom stereocenters. The third-order valence-corrected chi connectivity index (χ3v) is 7.61. The topological polar surface area (TPSA) is 71.5 Å². The van der Waals surface area contributed by atoms with E-state index in [1.54, 1.807) is 0 Å². The summed E-state index contributed by atoms with van der Waals surface area (Å²) in [5.41, 5.74) is -1.64. The normalized spacial score (nSPS) is 51.1. The molecule has 1 N–H and O–H groups in total. The number of nitrogens with zero attached hydrogens (tertiary/aromatic N) is 1. The van der Waals surface area contributed by atoms with Crippen molar-refractivity contribution in [3.63, 3.8) is 0 Å². The molecular weight excluding hydrogens is 310 g/mol. The standard InChI is InChI=1S/C18H27NO5/c1-11-8-13(20)9-12-10-17-15(2,3)18(22-6-7-23-18)5-4-16(17,24-17)14(21)19(11)12/h11-13,20H,4-10H2,1-3H3/t11-,12+,13+,16-,17-/m0/s1. The molecule has 0 aromatic heterocycles. The van der Waals surface area contributed by atoms with Gasteiger partial charge in [-0.15, -0.1) is 0 Å².